The van der Waals surface area contributed by atoms with Gasteiger partial charge >= 0.3 is 5.97 Å². The fourth-order valence-electron chi connectivity index (χ4n) is 4.18. The lowest BCUT2D eigenvalue weighted by atomic mass is 9.98. The molecule has 7 nitrogen and oxygen atoms in total. The summed E-state index contributed by atoms with van der Waals surface area (Å²) in [4.78, 5) is 44.8. The smallest absolute Gasteiger partial charge is 0.302 e. The molecule has 2 rings (SSSR count). The Balaban J connectivity index is 2.34. The van der Waals surface area contributed by atoms with Crippen molar-refractivity contribution < 1.29 is 19.1 Å². The van der Waals surface area contributed by atoms with Crippen LogP contribution in [0.2, 0.25) is 0 Å². The molecule has 0 fully saturated rings. The van der Waals surface area contributed by atoms with Gasteiger partial charge in [0, 0.05) is 30.5 Å². The lowest BCUT2D eigenvalue weighted by Gasteiger charge is -2.27. The Kier molecular flexibility index (Phi) is 13.1. The van der Waals surface area contributed by atoms with Crippen LogP contribution < -0.4 is 4.90 Å². The van der Waals surface area contributed by atoms with Gasteiger partial charge in [0.25, 0.3) is 17.5 Å². The number of carbonyl (C=O) groups is 3. The second-order valence-electron chi connectivity index (χ2n) is 9.16. The van der Waals surface area contributed by atoms with Crippen molar-refractivity contribution >= 4 is 56.1 Å². The summed E-state index contributed by atoms with van der Waals surface area (Å²) in [5.41, 5.74) is 0.597. The van der Waals surface area contributed by atoms with Crippen molar-refractivity contribution in [3.8, 4) is 0 Å². The topological polar surface area (TPSA) is 71.3 Å². The fourth-order valence-corrected chi connectivity index (χ4v) is 6.12. The minimum Gasteiger partial charge on any atom is -0.464 e. The van der Waals surface area contributed by atoms with Crippen molar-refractivity contribution in [1.29, 1.82) is 0 Å². The van der Waals surface area contributed by atoms with E-state index < -0.39 is 17.8 Å². The predicted molar refractivity (Wildman–Crippen MR) is 153 cm³/mol. The molecule has 0 aromatic carbocycles. The van der Waals surface area contributed by atoms with Gasteiger partial charge in [-0.3, -0.25) is 19.3 Å². The van der Waals surface area contributed by atoms with E-state index in [0.29, 0.717) is 11.1 Å². The fraction of sp³-hybridized carbons (Fsp3) is 0.571. The van der Waals surface area contributed by atoms with E-state index in [-0.39, 0.29) is 18.8 Å². The van der Waals surface area contributed by atoms with E-state index >= 15 is 0 Å². The zero-order valence-corrected chi connectivity index (χ0v) is 24.8. The summed E-state index contributed by atoms with van der Waals surface area (Å²) in [5, 5.41) is 1.14. The van der Waals surface area contributed by atoms with Crippen molar-refractivity contribution in [2.45, 2.75) is 79.1 Å². The number of carbonyl (C=O) groups excluding carboxylic acids is 3. The molecule has 0 N–H and O–H groups in total. The molecule has 1 aromatic rings. The van der Waals surface area contributed by atoms with Gasteiger partial charge in [0.05, 0.1) is 17.6 Å². The summed E-state index contributed by atoms with van der Waals surface area (Å²) in [7, 11) is 0. The van der Waals surface area contributed by atoms with Gasteiger partial charge in [-0.15, -0.1) is 11.3 Å². The van der Waals surface area contributed by atoms with Crippen molar-refractivity contribution in [1.82, 2.24) is 4.90 Å². The summed E-state index contributed by atoms with van der Waals surface area (Å²) < 4.78 is 5.90. The molecule has 0 atom stereocenters. The number of halogens is 1. The van der Waals surface area contributed by atoms with Crippen LogP contribution in [0.1, 0.15) is 83.9 Å². The van der Waals surface area contributed by atoms with Gasteiger partial charge in [-0.2, -0.15) is 0 Å². The third-order valence-corrected chi connectivity index (χ3v) is 8.25. The third-order valence-electron chi connectivity index (χ3n) is 6.24. The molecule has 0 aliphatic carbocycles. The van der Waals surface area contributed by atoms with E-state index in [2.05, 4.69) is 39.5 Å². The standard InChI is InChI=1S/C28H38BrN3O4S/c1-6-8-10-12-14-31(15-13-11-9-7-2)28-24(29)19-22(37-28)18-23-20(3)25(30-5)27(35)32(26(23)34)16-17-36-21(4)33/h18-19H,6-17H2,1-4H3/b23-18+. The molecule has 0 saturated carbocycles. The maximum atomic E-state index is 13.3. The molecule has 37 heavy (non-hydrogen) atoms. The molecular weight excluding hydrogens is 554 g/mol. The van der Waals surface area contributed by atoms with Gasteiger partial charge in [-0.05, 0) is 53.4 Å². The summed E-state index contributed by atoms with van der Waals surface area (Å²) in [6.07, 6.45) is 11.3. The third kappa shape index (κ3) is 8.82. The Labute approximate surface area is 233 Å². The Bertz CT molecular complexity index is 1060. The van der Waals surface area contributed by atoms with Crippen LogP contribution in [0.3, 0.4) is 0 Å². The number of thiophene rings is 1. The summed E-state index contributed by atoms with van der Waals surface area (Å²) >= 11 is 5.34. The molecule has 202 valence electrons. The molecule has 1 aliphatic rings. The zero-order chi connectivity index (χ0) is 27.4. The molecule has 1 aliphatic heterocycles. The average molecular weight is 593 g/mol. The van der Waals surface area contributed by atoms with E-state index in [9.17, 15) is 14.4 Å². The quantitative estimate of drug-likeness (QED) is 0.0722. The number of amides is 2. The molecule has 0 spiro atoms. The average Bonchev–Trinajstić information content (AvgIpc) is 3.23. The van der Waals surface area contributed by atoms with Crippen LogP contribution in [-0.2, 0) is 19.1 Å². The van der Waals surface area contributed by atoms with E-state index in [4.69, 9.17) is 11.3 Å². The van der Waals surface area contributed by atoms with Crippen LogP contribution in [0, 0.1) is 6.57 Å². The molecule has 2 amide bonds. The Morgan fingerprint density at radius 1 is 1.11 bits per heavy atom. The van der Waals surface area contributed by atoms with E-state index in [1.54, 1.807) is 24.3 Å². The second-order valence-corrected chi connectivity index (χ2v) is 11.1. The minimum absolute atomic E-state index is 0.0852. The highest BCUT2D eigenvalue weighted by Crippen LogP contribution is 2.39. The monoisotopic (exact) mass is 591 g/mol. The summed E-state index contributed by atoms with van der Waals surface area (Å²) in [6.45, 7) is 16.6. The van der Waals surface area contributed by atoms with Gasteiger partial charge in [0.1, 0.15) is 11.6 Å². The highest BCUT2D eigenvalue weighted by Gasteiger charge is 2.35. The Hall–Kier alpha value is -2.44. The van der Waals surface area contributed by atoms with Crippen LogP contribution in [0.15, 0.2) is 27.4 Å². The van der Waals surface area contributed by atoms with Crippen molar-refractivity contribution in [2.24, 2.45) is 0 Å². The van der Waals surface area contributed by atoms with Crippen LogP contribution in [0.5, 0.6) is 0 Å². The van der Waals surface area contributed by atoms with Crippen LogP contribution in [-0.4, -0.2) is 48.9 Å². The zero-order valence-electron chi connectivity index (χ0n) is 22.4. The van der Waals surface area contributed by atoms with Crippen LogP contribution >= 0.6 is 27.3 Å². The number of hydrogen-bond donors (Lipinski definition) is 0. The number of nitrogens with zero attached hydrogens (tertiary/aromatic N) is 3. The first kappa shape index (κ1) is 30.8. The molecule has 0 saturated heterocycles. The Morgan fingerprint density at radius 3 is 2.27 bits per heavy atom. The largest absolute Gasteiger partial charge is 0.464 e. The van der Waals surface area contributed by atoms with Crippen molar-refractivity contribution in [3.63, 3.8) is 0 Å². The molecule has 9 heteroatoms. The van der Waals surface area contributed by atoms with E-state index in [1.165, 1.54) is 45.4 Å². The first-order chi connectivity index (χ1) is 17.7. The van der Waals surface area contributed by atoms with Gasteiger partial charge in [0.2, 0.25) is 0 Å². The lowest BCUT2D eigenvalue weighted by molar-refractivity contribution is -0.147. The number of imide groups is 1. The van der Waals surface area contributed by atoms with Crippen LogP contribution in [0.25, 0.3) is 10.9 Å². The minimum atomic E-state index is -0.653. The van der Waals surface area contributed by atoms with E-state index in [1.807, 2.05) is 6.07 Å². The maximum Gasteiger partial charge on any atom is 0.302 e. The number of hydrogen-bond acceptors (Lipinski definition) is 6. The molecule has 0 bridgehead atoms. The second kappa shape index (κ2) is 15.7. The molecular formula is C28H38BrN3O4S. The molecule has 0 radical (unpaired) electrons. The lowest BCUT2D eigenvalue weighted by Crippen LogP contribution is -2.44. The number of ether oxygens (including phenoxy) is 1. The van der Waals surface area contributed by atoms with Crippen molar-refractivity contribution in [2.75, 3.05) is 31.1 Å². The number of rotatable bonds is 15. The summed E-state index contributed by atoms with van der Waals surface area (Å²) in [5.74, 6) is -1.63. The molecule has 2 heterocycles. The highest BCUT2D eigenvalue weighted by atomic mass is 79.9. The maximum absolute atomic E-state index is 13.3. The number of esters is 1. The van der Waals surface area contributed by atoms with Gasteiger partial charge in [-0.25, -0.2) is 4.85 Å². The van der Waals surface area contributed by atoms with Gasteiger partial charge in [0.15, 0.2) is 0 Å². The molecule has 0 unspecified atom stereocenters. The molecule has 1 aromatic heterocycles. The predicted octanol–water partition coefficient (Wildman–Crippen LogP) is 6.99. The normalized spacial score (nSPS) is 14.9. The van der Waals surface area contributed by atoms with E-state index in [0.717, 1.165) is 45.2 Å². The van der Waals surface area contributed by atoms with Gasteiger partial charge < -0.3 is 9.64 Å². The SMILES string of the molecule is [C-]#[N+]C1=C(C)/C(=C\c2cc(Br)c(N(CCCCCC)CCCCCC)s2)C(=O)N(CCOC(C)=O)C1=O. The first-order valence-electron chi connectivity index (χ1n) is 13.1. The highest BCUT2D eigenvalue weighted by molar-refractivity contribution is 9.10. The first-order valence-corrected chi connectivity index (χ1v) is 14.7. The Morgan fingerprint density at radius 2 is 1.73 bits per heavy atom. The van der Waals surface area contributed by atoms with Gasteiger partial charge in [-0.1, -0.05) is 52.4 Å². The van der Waals surface area contributed by atoms with Crippen molar-refractivity contribution in [3.05, 3.63) is 43.7 Å². The van der Waals surface area contributed by atoms with Crippen LogP contribution in [0.4, 0.5) is 5.00 Å². The number of unbranched alkanes of at least 4 members (excludes halogenated alkanes) is 6. The number of anilines is 1. The summed E-state index contributed by atoms with van der Waals surface area (Å²) in [6, 6.07) is 2.00.